The van der Waals surface area contributed by atoms with Gasteiger partial charge in [-0.05, 0) is 56.4 Å². The molecular formula is C24H23BO3. The summed E-state index contributed by atoms with van der Waals surface area (Å²) < 4.78 is 76.0. The van der Waals surface area contributed by atoms with E-state index in [1.165, 1.54) is 0 Å². The molecule has 0 atom stereocenters. The Morgan fingerprint density at radius 1 is 0.786 bits per heavy atom. The average molecular weight is 377 g/mol. The van der Waals surface area contributed by atoms with Gasteiger partial charge >= 0.3 is 7.12 Å². The second-order valence-corrected chi connectivity index (χ2v) is 7.97. The van der Waals surface area contributed by atoms with Crippen molar-refractivity contribution in [2.75, 3.05) is 0 Å². The smallest absolute Gasteiger partial charge is 0.456 e. The maximum absolute atomic E-state index is 8.62. The van der Waals surface area contributed by atoms with Gasteiger partial charge in [0.15, 0.2) is 0 Å². The van der Waals surface area contributed by atoms with Crippen LogP contribution < -0.4 is 5.46 Å². The minimum Gasteiger partial charge on any atom is -0.456 e. The quantitative estimate of drug-likeness (QED) is 0.429. The topological polar surface area (TPSA) is 31.6 Å². The lowest BCUT2D eigenvalue weighted by atomic mass is 9.78. The van der Waals surface area contributed by atoms with Gasteiger partial charge in [-0.2, -0.15) is 0 Å². The highest BCUT2D eigenvalue weighted by molar-refractivity contribution is 6.62. The standard InChI is InChI=1S/C24H23BO3/c1-23(2)24(3,4)28-25(27-23)17-14-12-16(13-15-17)18-9-7-11-21-22(18)19-8-5-6-10-20(19)26-21/h5-15H,1-4H3/i5D,6D,7D,8D,9D,10D,11D. The Hall–Kier alpha value is -2.56. The molecule has 0 bridgehead atoms. The summed E-state index contributed by atoms with van der Waals surface area (Å²) in [4.78, 5) is 0. The lowest BCUT2D eigenvalue weighted by Crippen LogP contribution is -2.41. The zero-order valence-electron chi connectivity index (χ0n) is 23.1. The van der Waals surface area contributed by atoms with Gasteiger partial charge in [-0.1, -0.05) is 54.5 Å². The van der Waals surface area contributed by atoms with Crippen molar-refractivity contribution in [1.82, 2.24) is 0 Å². The Bertz CT molecular complexity index is 1510. The van der Waals surface area contributed by atoms with E-state index in [2.05, 4.69) is 0 Å². The summed E-state index contributed by atoms with van der Waals surface area (Å²) >= 11 is 0. The lowest BCUT2D eigenvalue weighted by Gasteiger charge is -2.32. The molecule has 3 aromatic carbocycles. The van der Waals surface area contributed by atoms with E-state index in [0.29, 0.717) is 5.56 Å². The fourth-order valence-corrected chi connectivity index (χ4v) is 3.36. The van der Waals surface area contributed by atoms with Gasteiger partial charge in [0, 0.05) is 10.8 Å². The Balaban J connectivity index is 1.74. The predicted molar refractivity (Wildman–Crippen MR) is 115 cm³/mol. The van der Waals surface area contributed by atoms with Crippen LogP contribution >= 0.6 is 0 Å². The van der Waals surface area contributed by atoms with Crippen molar-refractivity contribution >= 4 is 34.5 Å². The summed E-state index contributed by atoms with van der Waals surface area (Å²) in [5, 5.41) is 0.319. The molecule has 1 aromatic heterocycles. The largest absolute Gasteiger partial charge is 0.494 e. The van der Waals surface area contributed by atoms with Crippen LogP contribution in [0.1, 0.15) is 37.3 Å². The first-order valence-corrected chi connectivity index (χ1v) is 9.15. The van der Waals surface area contributed by atoms with Crippen LogP contribution in [0.3, 0.4) is 0 Å². The highest BCUT2D eigenvalue weighted by atomic mass is 16.7. The zero-order chi connectivity index (χ0) is 25.6. The van der Waals surface area contributed by atoms with Crippen LogP contribution in [0, 0.1) is 0 Å². The van der Waals surface area contributed by atoms with E-state index in [1.807, 2.05) is 27.7 Å². The van der Waals surface area contributed by atoms with Crippen molar-refractivity contribution in [3.05, 3.63) is 66.6 Å². The van der Waals surface area contributed by atoms with E-state index in [4.69, 9.17) is 23.3 Å². The van der Waals surface area contributed by atoms with Crippen LogP contribution in [-0.2, 0) is 9.31 Å². The molecule has 0 amide bonds. The number of furan rings is 1. The second kappa shape index (κ2) is 5.97. The van der Waals surface area contributed by atoms with Crippen LogP contribution in [0.4, 0.5) is 0 Å². The first kappa shape index (κ1) is 11.4. The zero-order valence-corrected chi connectivity index (χ0v) is 16.1. The molecule has 3 nitrogen and oxygen atoms in total. The van der Waals surface area contributed by atoms with Gasteiger partial charge in [0.05, 0.1) is 20.8 Å². The minimum atomic E-state index is -0.575. The Morgan fingerprint density at radius 3 is 2.14 bits per heavy atom. The molecule has 4 heteroatoms. The molecule has 4 aromatic rings. The third-order valence-corrected chi connectivity index (χ3v) is 5.67. The van der Waals surface area contributed by atoms with E-state index in [1.54, 1.807) is 24.3 Å². The first-order chi connectivity index (χ1) is 16.3. The van der Waals surface area contributed by atoms with Gasteiger partial charge in [0.2, 0.25) is 0 Å². The van der Waals surface area contributed by atoms with Crippen LogP contribution in [0.15, 0.2) is 71.0 Å². The monoisotopic (exact) mass is 377 g/mol. The number of hydrogen-bond donors (Lipinski definition) is 0. The lowest BCUT2D eigenvalue weighted by molar-refractivity contribution is 0.00578. The number of fused-ring (bicyclic) bond motifs is 3. The maximum Gasteiger partial charge on any atom is 0.494 e. The summed E-state index contributed by atoms with van der Waals surface area (Å²) in [6.45, 7) is 7.87. The molecule has 0 N–H and O–H groups in total. The number of para-hydroxylation sites is 1. The van der Waals surface area contributed by atoms with Gasteiger partial charge < -0.3 is 13.7 Å². The fourth-order valence-electron chi connectivity index (χ4n) is 3.36. The third-order valence-electron chi connectivity index (χ3n) is 5.67. The molecule has 0 unspecified atom stereocenters. The molecular weight excluding hydrogens is 347 g/mol. The SMILES string of the molecule is [2H]c1c([2H])c([2H])c2c(oc3c([2H])c([2H])c([2H])c(-c4ccc(B5OC(C)(C)C(C)(C)O5)cc4)c32)c1[2H]. The summed E-state index contributed by atoms with van der Waals surface area (Å²) in [5.74, 6) is 0. The fraction of sp³-hybridized carbons (Fsp3) is 0.250. The Morgan fingerprint density at radius 2 is 1.43 bits per heavy atom. The maximum atomic E-state index is 8.62. The molecule has 0 saturated carbocycles. The number of rotatable bonds is 2. The highest BCUT2D eigenvalue weighted by Crippen LogP contribution is 2.38. The first-order valence-electron chi connectivity index (χ1n) is 12.6. The van der Waals surface area contributed by atoms with Crippen molar-refractivity contribution < 1.29 is 23.3 Å². The van der Waals surface area contributed by atoms with Crippen molar-refractivity contribution in [3.8, 4) is 11.1 Å². The van der Waals surface area contributed by atoms with Gasteiger partial charge in [0.25, 0.3) is 0 Å². The molecule has 1 saturated heterocycles. The number of benzene rings is 3. The van der Waals surface area contributed by atoms with Gasteiger partial charge in [-0.15, -0.1) is 0 Å². The van der Waals surface area contributed by atoms with E-state index < -0.39 is 30.4 Å². The molecule has 1 aliphatic rings. The van der Waals surface area contributed by atoms with Crippen LogP contribution in [0.5, 0.6) is 0 Å². The van der Waals surface area contributed by atoms with E-state index in [9.17, 15) is 0 Å². The summed E-state index contributed by atoms with van der Waals surface area (Å²) in [5.41, 5.74) is 0.448. The van der Waals surface area contributed by atoms with Gasteiger partial charge in [-0.3, -0.25) is 0 Å². The number of hydrogen-bond acceptors (Lipinski definition) is 3. The van der Waals surface area contributed by atoms with Crippen molar-refractivity contribution in [2.24, 2.45) is 0 Å². The molecule has 1 aliphatic heterocycles. The van der Waals surface area contributed by atoms with Crippen molar-refractivity contribution in [2.45, 2.75) is 38.9 Å². The normalized spacial score (nSPS) is 21.7. The van der Waals surface area contributed by atoms with Crippen LogP contribution in [0.25, 0.3) is 33.1 Å². The molecule has 1 fully saturated rings. The summed E-state index contributed by atoms with van der Waals surface area (Å²) in [6.07, 6.45) is 0. The van der Waals surface area contributed by atoms with Crippen LogP contribution in [-0.4, -0.2) is 18.3 Å². The van der Waals surface area contributed by atoms with Crippen LogP contribution in [0.2, 0.25) is 0 Å². The average Bonchev–Trinajstić information content (AvgIpc) is 3.30. The molecule has 140 valence electrons. The predicted octanol–water partition coefficient (Wildman–Crippen LogP) is 5.55. The Kier molecular flexibility index (Phi) is 2.44. The van der Waals surface area contributed by atoms with Gasteiger partial charge in [0.1, 0.15) is 11.2 Å². The molecule has 5 rings (SSSR count). The molecule has 0 radical (unpaired) electrons. The summed E-state index contributed by atoms with van der Waals surface area (Å²) in [6, 6.07) is 4.65. The van der Waals surface area contributed by atoms with E-state index in [0.717, 1.165) is 5.46 Å². The Labute approximate surface area is 175 Å². The minimum absolute atomic E-state index is 0.0435. The molecule has 2 heterocycles. The van der Waals surface area contributed by atoms with E-state index in [-0.39, 0.29) is 57.7 Å². The second-order valence-electron chi connectivity index (χ2n) is 7.97. The van der Waals surface area contributed by atoms with Crippen molar-refractivity contribution in [3.63, 3.8) is 0 Å². The molecule has 28 heavy (non-hydrogen) atoms. The molecule has 0 aliphatic carbocycles. The highest BCUT2D eigenvalue weighted by Gasteiger charge is 2.51. The summed E-state index contributed by atoms with van der Waals surface area (Å²) in [7, 11) is -0.575. The third kappa shape index (κ3) is 2.60. The van der Waals surface area contributed by atoms with Gasteiger partial charge in [-0.25, -0.2) is 0 Å². The van der Waals surface area contributed by atoms with E-state index >= 15 is 0 Å². The van der Waals surface area contributed by atoms with Crippen molar-refractivity contribution in [1.29, 1.82) is 0 Å². The molecule has 0 spiro atoms.